The second-order valence-electron chi connectivity index (χ2n) is 6.89. The van der Waals surface area contributed by atoms with E-state index < -0.39 is 17.7 Å². The van der Waals surface area contributed by atoms with Crippen molar-refractivity contribution in [3.05, 3.63) is 76.6 Å². The molecular formula is C23H23NO5. The first kappa shape index (κ1) is 20.3. The van der Waals surface area contributed by atoms with E-state index >= 15 is 0 Å². The van der Waals surface area contributed by atoms with Gasteiger partial charge in [-0.15, -0.1) is 0 Å². The summed E-state index contributed by atoms with van der Waals surface area (Å²) in [6.45, 7) is 3.60. The number of carbonyl (C=O) groups is 3. The third-order valence-electron chi connectivity index (χ3n) is 5.10. The van der Waals surface area contributed by atoms with Crippen LogP contribution in [-0.2, 0) is 25.5 Å². The molecule has 2 aromatic rings. The second kappa shape index (κ2) is 8.31. The number of anilines is 1. The molecule has 2 aromatic carbocycles. The lowest BCUT2D eigenvalue weighted by atomic mass is 9.92. The van der Waals surface area contributed by atoms with Gasteiger partial charge in [0, 0.05) is 12.1 Å². The number of Topliss-reactive ketones (excluding diaryl/α,β-unsaturated/α-hetero) is 1. The van der Waals surface area contributed by atoms with E-state index in [9.17, 15) is 19.5 Å². The monoisotopic (exact) mass is 393 g/mol. The SMILES string of the molecule is CCC(=O)C1=C(O)C(=O)N(c2ccc(CC(=O)OC)cc2)C1c1ccccc1C. The summed E-state index contributed by atoms with van der Waals surface area (Å²) in [6.07, 6.45) is 0.302. The lowest BCUT2D eigenvalue weighted by Crippen LogP contribution is -2.31. The first-order valence-electron chi connectivity index (χ1n) is 9.40. The predicted molar refractivity (Wildman–Crippen MR) is 109 cm³/mol. The molecule has 1 N–H and O–H groups in total. The zero-order valence-corrected chi connectivity index (χ0v) is 16.6. The molecule has 0 fully saturated rings. The minimum atomic E-state index is -0.706. The molecule has 0 aliphatic carbocycles. The fourth-order valence-electron chi connectivity index (χ4n) is 3.55. The summed E-state index contributed by atoms with van der Waals surface area (Å²) < 4.78 is 4.68. The zero-order chi connectivity index (χ0) is 21.1. The standard InChI is InChI=1S/C23H23NO5/c1-4-18(25)20-21(17-8-6-5-7-14(17)2)24(23(28)22(20)27)16-11-9-15(10-12-16)13-19(26)29-3/h5-12,21,27H,4,13H2,1-3H3. The average molecular weight is 393 g/mol. The third kappa shape index (κ3) is 3.78. The van der Waals surface area contributed by atoms with Crippen LogP contribution in [0.1, 0.15) is 36.1 Å². The molecule has 0 spiro atoms. The number of esters is 1. The van der Waals surface area contributed by atoms with Gasteiger partial charge in [0.2, 0.25) is 0 Å². The van der Waals surface area contributed by atoms with Gasteiger partial charge in [0.25, 0.3) is 5.91 Å². The molecule has 0 bridgehead atoms. The van der Waals surface area contributed by atoms with Gasteiger partial charge in [0.05, 0.1) is 25.1 Å². The second-order valence-corrected chi connectivity index (χ2v) is 6.89. The van der Waals surface area contributed by atoms with Crippen LogP contribution in [0.5, 0.6) is 0 Å². The van der Waals surface area contributed by atoms with E-state index in [1.165, 1.54) is 12.0 Å². The molecule has 1 unspecified atom stereocenters. The van der Waals surface area contributed by atoms with Gasteiger partial charge in [0.1, 0.15) is 0 Å². The van der Waals surface area contributed by atoms with Gasteiger partial charge < -0.3 is 9.84 Å². The maximum atomic E-state index is 12.9. The van der Waals surface area contributed by atoms with Crippen LogP contribution in [0.3, 0.4) is 0 Å². The molecule has 6 heteroatoms. The fraction of sp³-hybridized carbons (Fsp3) is 0.261. The molecule has 0 saturated heterocycles. The van der Waals surface area contributed by atoms with E-state index in [-0.39, 0.29) is 30.2 Å². The third-order valence-corrected chi connectivity index (χ3v) is 5.10. The van der Waals surface area contributed by atoms with Crippen molar-refractivity contribution in [2.24, 2.45) is 0 Å². The number of aryl methyl sites for hydroxylation is 1. The number of aliphatic hydroxyl groups excluding tert-OH is 1. The Balaban J connectivity index is 2.07. The Hall–Kier alpha value is -3.41. The van der Waals surface area contributed by atoms with Gasteiger partial charge in [0.15, 0.2) is 11.5 Å². The minimum absolute atomic E-state index is 0.116. The Morgan fingerprint density at radius 1 is 1.10 bits per heavy atom. The highest BCUT2D eigenvalue weighted by Crippen LogP contribution is 2.42. The summed E-state index contributed by atoms with van der Waals surface area (Å²) in [4.78, 5) is 38.4. The molecular weight excluding hydrogens is 370 g/mol. The van der Waals surface area contributed by atoms with Crippen molar-refractivity contribution in [2.45, 2.75) is 32.7 Å². The van der Waals surface area contributed by atoms with Crippen molar-refractivity contribution in [3.8, 4) is 0 Å². The molecule has 3 rings (SSSR count). The number of carbonyl (C=O) groups excluding carboxylic acids is 3. The van der Waals surface area contributed by atoms with Gasteiger partial charge >= 0.3 is 5.97 Å². The number of hydrogen-bond acceptors (Lipinski definition) is 5. The largest absolute Gasteiger partial charge is 0.503 e. The van der Waals surface area contributed by atoms with Crippen LogP contribution in [0.4, 0.5) is 5.69 Å². The van der Waals surface area contributed by atoms with Crippen LogP contribution in [0.2, 0.25) is 0 Å². The van der Waals surface area contributed by atoms with E-state index in [1.807, 2.05) is 31.2 Å². The number of ether oxygens (including phenoxy) is 1. The summed E-state index contributed by atoms with van der Waals surface area (Å²) >= 11 is 0. The van der Waals surface area contributed by atoms with Crippen molar-refractivity contribution in [1.29, 1.82) is 0 Å². The number of ketones is 1. The van der Waals surface area contributed by atoms with Crippen molar-refractivity contribution >= 4 is 23.3 Å². The minimum Gasteiger partial charge on any atom is -0.503 e. The lowest BCUT2D eigenvalue weighted by Gasteiger charge is -2.28. The van der Waals surface area contributed by atoms with Crippen LogP contribution >= 0.6 is 0 Å². The number of benzene rings is 2. The maximum absolute atomic E-state index is 12.9. The topological polar surface area (TPSA) is 83.9 Å². The first-order valence-corrected chi connectivity index (χ1v) is 9.40. The number of methoxy groups -OCH3 is 1. The van der Waals surface area contributed by atoms with E-state index in [2.05, 4.69) is 4.74 Å². The van der Waals surface area contributed by atoms with Gasteiger partial charge in [-0.1, -0.05) is 43.3 Å². The van der Waals surface area contributed by atoms with Crippen LogP contribution < -0.4 is 4.90 Å². The highest BCUT2D eigenvalue weighted by Gasteiger charge is 2.44. The van der Waals surface area contributed by atoms with Gasteiger partial charge in [-0.25, -0.2) is 0 Å². The quantitative estimate of drug-likeness (QED) is 0.759. The Morgan fingerprint density at radius 2 is 1.76 bits per heavy atom. The molecule has 29 heavy (non-hydrogen) atoms. The Labute approximate surface area is 169 Å². The van der Waals surface area contributed by atoms with Crippen molar-refractivity contribution in [3.63, 3.8) is 0 Å². The number of hydrogen-bond donors (Lipinski definition) is 1. The summed E-state index contributed by atoms with van der Waals surface area (Å²) in [6, 6.07) is 13.6. The Kier molecular flexibility index (Phi) is 5.82. The van der Waals surface area contributed by atoms with E-state index in [0.29, 0.717) is 5.69 Å². The molecule has 1 aliphatic rings. The number of nitrogens with zero attached hydrogens (tertiary/aromatic N) is 1. The first-order chi connectivity index (χ1) is 13.9. The van der Waals surface area contributed by atoms with E-state index in [1.54, 1.807) is 31.2 Å². The zero-order valence-electron chi connectivity index (χ0n) is 16.6. The molecule has 1 heterocycles. The smallest absolute Gasteiger partial charge is 0.309 e. The fourth-order valence-corrected chi connectivity index (χ4v) is 3.55. The summed E-state index contributed by atoms with van der Waals surface area (Å²) in [5.41, 5.74) is 3.07. The Bertz CT molecular complexity index is 991. The normalized spacial score (nSPS) is 16.3. The van der Waals surface area contributed by atoms with Crippen molar-refractivity contribution in [2.75, 3.05) is 12.0 Å². The molecule has 6 nitrogen and oxygen atoms in total. The van der Waals surface area contributed by atoms with E-state index in [0.717, 1.165) is 16.7 Å². The molecule has 0 saturated carbocycles. The molecule has 1 amide bonds. The molecule has 0 radical (unpaired) electrons. The van der Waals surface area contributed by atoms with Gasteiger partial charge in [-0.2, -0.15) is 0 Å². The van der Waals surface area contributed by atoms with Crippen LogP contribution in [0, 0.1) is 6.92 Å². The number of rotatable bonds is 6. The molecule has 150 valence electrons. The number of amides is 1. The summed E-state index contributed by atoms with van der Waals surface area (Å²) in [5, 5.41) is 10.5. The van der Waals surface area contributed by atoms with Crippen LogP contribution in [0.25, 0.3) is 0 Å². The van der Waals surface area contributed by atoms with Crippen molar-refractivity contribution < 1.29 is 24.2 Å². The van der Waals surface area contributed by atoms with E-state index in [4.69, 9.17) is 0 Å². The Morgan fingerprint density at radius 3 is 2.34 bits per heavy atom. The van der Waals surface area contributed by atoms with Crippen LogP contribution in [0.15, 0.2) is 59.9 Å². The molecule has 1 atom stereocenters. The van der Waals surface area contributed by atoms with Crippen LogP contribution in [-0.4, -0.2) is 29.9 Å². The summed E-state index contributed by atoms with van der Waals surface area (Å²) in [5.74, 6) is -1.75. The lowest BCUT2D eigenvalue weighted by molar-refractivity contribution is -0.139. The average Bonchev–Trinajstić information content (AvgIpc) is 2.99. The highest BCUT2D eigenvalue weighted by molar-refractivity contribution is 6.16. The summed E-state index contributed by atoms with van der Waals surface area (Å²) in [7, 11) is 1.33. The van der Waals surface area contributed by atoms with Gasteiger partial charge in [-0.3, -0.25) is 19.3 Å². The van der Waals surface area contributed by atoms with Crippen molar-refractivity contribution in [1.82, 2.24) is 0 Å². The number of aliphatic hydroxyl groups is 1. The maximum Gasteiger partial charge on any atom is 0.309 e. The predicted octanol–water partition coefficient (Wildman–Crippen LogP) is 3.59. The molecule has 0 aromatic heterocycles. The highest BCUT2D eigenvalue weighted by atomic mass is 16.5. The van der Waals surface area contributed by atoms with Gasteiger partial charge in [-0.05, 0) is 35.7 Å². The molecule has 1 aliphatic heterocycles.